The maximum absolute atomic E-state index is 12.0. The number of benzene rings is 1. The Morgan fingerprint density at radius 3 is 2.82 bits per heavy atom. The van der Waals surface area contributed by atoms with Crippen LogP contribution in [0.15, 0.2) is 42.6 Å². The van der Waals surface area contributed by atoms with E-state index in [9.17, 15) is 4.79 Å². The second-order valence-corrected chi connectivity index (χ2v) is 4.90. The second kappa shape index (κ2) is 8.02. The third-order valence-electron chi connectivity index (χ3n) is 3.17. The van der Waals surface area contributed by atoms with E-state index in [2.05, 4.69) is 22.5 Å². The van der Waals surface area contributed by atoms with E-state index < -0.39 is 0 Å². The molecule has 22 heavy (non-hydrogen) atoms. The summed E-state index contributed by atoms with van der Waals surface area (Å²) in [5.74, 6) is 0.624. The van der Waals surface area contributed by atoms with Gasteiger partial charge in [0, 0.05) is 30.2 Å². The van der Waals surface area contributed by atoms with Crippen LogP contribution in [0.2, 0.25) is 0 Å². The summed E-state index contributed by atoms with van der Waals surface area (Å²) in [6.07, 6.45) is 3.63. The molecule has 1 amide bonds. The lowest BCUT2D eigenvalue weighted by Gasteiger charge is -2.09. The van der Waals surface area contributed by atoms with E-state index in [0.717, 1.165) is 30.0 Å². The number of carbonyl (C=O) groups is 1. The predicted molar refractivity (Wildman–Crippen MR) is 87.8 cm³/mol. The van der Waals surface area contributed by atoms with Crippen LogP contribution in [0.1, 0.15) is 30.3 Å². The first kappa shape index (κ1) is 15.8. The number of methoxy groups -OCH3 is 1. The van der Waals surface area contributed by atoms with Crippen molar-refractivity contribution in [2.75, 3.05) is 19.0 Å². The van der Waals surface area contributed by atoms with Crippen molar-refractivity contribution in [2.24, 2.45) is 0 Å². The van der Waals surface area contributed by atoms with Gasteiger partial charge in [-0.25, -0.2) is 0 Å². The summed E-state index contributed by atoms with van der Waals surface area (Å²) in [7, 11) is 1.63. The average molecular weight is 299 g/mol. The van der Waals surface area contributed by atoms with Crippen molar-refractivity contribution in [3.63, 3.8) is 0 Å². The zero-order chi connectivity index (χ0) is 15.8. The van der Waals surface area contributed by atoms with Crippen LogP contribution in [0.4, 0.5) is 11.4 Å². The number of nitrogens with one attached hydrogen (secondary N) is 2. The number of carbonyl (C=O) groups excluding carboxylic acids is 1. The normalized spacial score (nSPS) is 10.1. The van der Waals surface area contributed by atoms with Crippen molar-refractivity contribution in [1.29, 1.82) is 0 Å². The number of hydrogen-bond acceptors (Lipinski definition) is 4. The van der Waals surface area contributed by atoms with E-state index in [1.165, 1.54) is 0 Å². The van der Waals surface area contributed by atoms with Crippen LogP contribution in [0.3, 0.4) is 0 Å². The van der Waals surface area contributed by atoms with Crippen LogP contribution in [0.25, 0.3) is 0 Å². The SMILES string of the molecule is CCCCNC(=O)c1cc(Nc2cccc(OC)c2)ccn1. The zero-order valence-electron chi connectivity index (χ0n) is 12.9. The van der Waals surface area contributed by atoms with Gasteiger partial charge in [-0.3, -0.25) is 9.78 Å². The zero-order valence-corrected chi connectivity index (χ0v) is 12.9. The standard InChI is InChI=1S/C17H21N3O2/c1-3-4-9-19-17(21)16-12-14(8-10-18-16)20-13-6-5-7-15(11-13)22-2/h5-8,10-12H,3-4,9H2,1-2H3,(H,18,20)(H,19,21). The van der Waals surface area contributed by atoms with Gasteiger partial charge in [-0.2, -0.15) is 0 Å². The quantitative estimate of drug-likeness (QED) is 0.769. The molecule has 1 heterocycles. The Bertz CT molecular complexity index is 629. The van der Waals surface area contributed by atoms with E-state index in [1.807, 2.05) is 30.3 Å². The molecule has 0 spiro atoms. The molecule has 0 saturated heterocycles. The molecule has 0 aliphatic carbocycles. The fourth-order valence-corrected chi connectivity index (χ4v) is 1.97. The third-order valence-corrected chi connectivity index (χ3v) is 3.17. The number of nitrogens with zero attached hydrogens (tertiary/aromatic N) is 1. The highest BCUT2D eigenvalue weighted by atomic mass is 16.5. The molecule has 116 valence electrons. The summed E-state index contributed by atoms with van der Waals surface area (Å²) in [4.78, 5) is 16.1. The van der Waals surface area contributed by atoms with Crippen molar-refractivity contribution in [3.05, 3.63) is 48.3 Å². The molecule has 1 aromatic carbocycles. The molecule has 0 fully saturated rings. The summed E-state index contributed by atoms with van der Waals surface area (Å²) in [5.41, 5.74) is 2.11. The lowest BCUT2D eigenvalue weighted by Crippen LogP contribution is -2.25. The molecule has 2 N–H and O–H groups in total. The topological polar surface area (TPSA) is 63.2 Å². The highest BCUT2D eigenvalue weighted by molar-refractivity contribution is 5.93. The lowest BCUT2D eigenvalue weighted by atomic mass is 10.2. The van der Waals surface area contributed by atoms with E-state index in [0.29, 0.717) is 12.2 Å². The Kier molecular flexibility index (Phi) is 5.77. The van der Waals surface area contributed by atoms with Crippen LogP contribution in [0, 0.1) is 0 Å². The molecule has 0 unspecified atom stereocenters. The van der Waals surface area contributed by atoms with E-state index in [4.69, 9.17) is 4.74 Å². The maximum Gasteiger partial charge on any atom is 0.269 e. The molecule has 2 aromatic rings. The first-order chi connectivity index (χ1) is 10.7. The molecule has 0 aliphatic rings. The minimum atomic E-state index is -0.150. The van der Waals surface area contributed by atoms with Crippen LogP contribution >= 0.6 is 0 Å². The molecular formula is C17H21N3O2. The smallest absolute Gasteiger partial charge is 0.269 e. The highest BCUT2D eigenvalue weighted by Gasteiger charge is 2.07. The van der Waals surface area contributed by atoms with Gasteiger partial charge in [-0.05, 0) is 30.7 Å². The van der Waals surface area contributed by atoms with Crippen LogP contribution in [-0.2, 0) is 0 Å². The summed E-state index contributed by atoms with van der Waals surface area (Å²) in [6, 6.07) is 11.2. The number of anilines is 2. The van der Waals surface area contributed by atoms with Gasteiger partial charge in [-0.15, -0.1) is 0 Å². The molecule has 0 bridgehead atoms. The number of pyridine rings is 1. The van der Waals surface area contributed by atoms with Gasteiger partial charge in [0.2, 0.25) is 0 Å². The number of unbranched alkanes of at least 4 members (excludes halogenated alkanes) is 1. The van der Waals surface area contributed by atoms with Crippen LogP contribution in [0.5, 0.6) is 5.75 Å². The van der Waals surface area contributed by atoms with Gasteiger partial charge in [0.15, 0.2) is 0 Å². The molecule has 5 heteroatoms. The fourth-order valence-electron chi connectivity index (χ4n) is 1.97. The Morgan fingerprint density at radius 2 is 2.05 bits per heavy atom. The van der Waals surface area contributed by atoms with Gasteiger partial charge in [-0.1, -0.05) is 19.4 Å². The van der Waals surface area contributed by atoms with Crippen LogP contribution in [-0.4, -0.2) is 24.5 Å². The Labute approximate surface area is 130 Å². The minimum absolute atomic E-state index is 0.150. The minimum Gasteiger partial charge on any atom is -0.497 e. The Hall–Kier alpha value is -2.56. The molecule has 2 rings (SSSR count). The monoisotopic (exact) mass is 299 g/mol. The van der Waals surface area contributed by atoms with Crippen molar-refractivity contribution in [1.82, 2.24) is 10.3 Å². The van der Waals surface area contributed by atoms with Gasteiger partial charge in [0.1, 0.15) is 11.4 Å². The first-order valence-electron chi connectivity index (χ1n) is 7.38. The molecule has 5 nitrogen and oxygen atoms in total. The predicted octanol–water partition coefficient (Wildman–Crippen LogP) is 3.36. The highest BCUT2D eigenvalue weighted by Crippen LogP contribution is 2.21. The van der Waals surface area contributed by atoms with Crippen molar-refractivity contribution < 1.29 is 9.53 Å². The van der Waals surface area contributed by atoms with Crippen molar-refractivity contribution >= 4 is 17.3 Å². The number of amides is 1. The average Bonchev–Trinajstić information content (AvgIpc) is 2.55. The maximum atomic E-state index is 12.0. The molecule has 0 atom stereocenters. The van der Waals surface area contributed by atoms with Crippen LogP contribution < -0.4 is 15.4 Å². The third kappa shape index (κ3) is 4.48. The van der Waals surface area contributed by atoms with Gasteiger partial charge >= 0.3 is 0 Å². The molecular weight excluding hydrogens is 278 g/mol. The Balaban J connectivity index is 2.06. The Morgan fingerprint density at radius 1 is 1.23 bits per heavy atom. The lowest BCUT2D eigenvalue weighted by molar-refractivity contribution is 0.0948. The molecule has 0 aliphatic heterocycles. The molecule has 0 radical (unpaired) electrons. The molecule has 0 saturated carbocycles. The van der Waals surface area contributed by atoms with Crippen molar-refractivity contribution in [2.45, 2.75) is 19.8 Å². The van der Waals surface area contributed by atoms with E-state index >= 15 is 0 Å². The largest absolute Gasteiger partial charge is 0.497 e. The fraction of sp³-hybridized carbons (Fsp3) is 0.294. The summed E-state index contributed by atoms with van der Waals surface area (Å²) < 4.78 is 5.19. The van der Waals surface area contributed by atoms with E-state index in [1.54, 1.807) is 19.4 Å². The number of aromatic nitrogens is 1. The van der Waals surface area contributed by atoms with Gasteiger partial charge in [0.25, 0.3) is 5.91 Å². The number of rotatable bonds is 7. The first-order valence-corrected chi connectivity index (χ1v) is 7.38. The second-order valence-electron chi connectivity index (χ2n) is 4.90. The number of hydrogen-bond donors (Lipinski definition) is 2. The summed E-state index contributed by atoms with van der Waals surface area (Å²) >= 11 is 0. The van der Waals surface area contributed by atoms with Gasteiger partial charge in [0.05, 0.1) is 7.11 Å². The van der Waals surface area contributed by atoms with E-state index in [-0.39, 0.29) is 5.91 Å². The number of ether oxygens (including phenoxy) is 1. The summed E-state index contributed by atoms with van der Waals surface area (Å²) in [6.45, 7) is 2.76. The summed E-state index contributed by atoms with van der Waals surface area (Å²) in [5, 5.41) is 6.10. The molecule has 1 aromatic heterocycles. The van der Waals surface area contributed by atoms with Gasteiger partial charge < -0.3 is 15.4 Å². The van der Waals surface area contributed by atoms with Crippen molar-refractivity contribution in [3.8, 4) is 5.75 Å².